The van der Waals surface area contributed by atoms with Gasteiger partial charge in [0.15, 0.2) is 11.6 Å². The van der Waals surface area contributed by atoms with Crippen molar-refractivity contribution in [2.75, 3.05) is 5.75 Å². The molecule has 1 aromatic rings. The number of aliphatic carboxylic acids is 1. The molecule has 0 aromatic heterocycles. The normalized spacial score (nSPS) is 13.5. The fourth-order valence-corrected chi connectivity index (χ4v) is 2.00. The number of carboxylic acid groups (broad SMARTS) is 1. The highest BCUT2D eigenvalue weighted by Crippen LogP contribution is 2.04. The largest absolute Gasteiger partial charge is 0.480 e. The van der Waals surface area contributed by atoms with Crippen molar-refractivity contribution in [2.45, 2.75) is 25.4 Å². The second-order valence-corrected chi connectivity index (χ2v) is 4.78. The molecule has 0 saturated heterocycles. The summed E-state index contributed by atoms with van der Waals surface area (Å²) < 4.78 is 0. The summed E-state index contributed by atoms with van der Waals surface area (Å²) in [7, 11) is 0. The first-order valence-electron chi connectivity index (χ1n) is 6.12. The predicted molar refractivity (Wildman–Crippen MR) is 78.0 cm³/mol. The van der Waals surface area contributed by atoms with Gasteiger partial charge in [0.05, 0.1) is 0 Å². The lowest BCUT2D eigenvalue weighted by Crippen LogP contribution is -2.51. The SMILES string of the molecule is CC(=O)C(NC(CS)C(=O)O)C(=O)Cc1ccccc1. The summed E-state index contributed by atoms with van der Waals surface area (Å²) in [4.78, 5) is 34.6. The van der Waals surface area contributed by atoms with Gasteiger partial charge < -0.3 is 5.11 Å². The maximum absolute atomic E-state index is 12.1. The van der Waals surface area contributed by atoms with E-state index in [1.165, 1.54) is 6.92 Å². The standard InChI is InChI=1S/C14H17NO4S/c1-9(16)13(15-11(8-20)14(18)19)12(17)7-10-5-3-2-4-6-10/h2-6,11,13,15,20H,7-8H2,1H3,(H,18,19). The molecule has 1 rings (SSSR count). The van der Waals surface area contributed by atoms with Crippen molar-refractivity contribution < 1.29 is 19.5 Å². The molecule has 0 aliphatic carbocycles. The minimum Gasteiger partial charge on any atom is -0.480 e. The van der Waals surface area contributed by atoms with E-state index in [-0.39, 0.29) is 18.0 Å². The molecule has 6 heteroatoms. The average Bonchev–Trinajstić information content (AvgIpc) is 2.39. The third-order valence-corrected chi connectivity index (χ3v) is 3.16. The Kier molecular flexibility index (Phi) is 6.41. The van der Waals surface area contributed by atoms with Crippen LogP contribution in [0.5, 0.6) is 0 Å². The number of ketones is 2. The summed E-state index contributed by atoms with van der Waals surface area (Å²) in [6.07, 6.45) is 0.0804. The van der Waals surface area contributed by atoms with Crippen LogP contribution in [0.25, 0.3) is 0 Å². The van der Waals surface area contributed by atoms with Crippen LogP contribution < -0.4 is 5.32 Å². The summed E-state index contributed by atoms with van der Waals surface area (Å²) in [5.41, 5.74) is 0.781. The van der Waals surface area contributed by atoms with Crippen molar-refractivity contribution in [3.05, 3.63) is 35.9 Å². The van der Waals surface area contributed by atoms with Gasteiger partial charge in [0.25, 0.3) is 0 Å². The van der Waals surface area contributed by atoms with Gasteiger partial charge in [0, 0.05) is 12.2 Å². The highest BCUT2D eigenvalue weighted by molar-refractivity contribution is 7.80. The Bertz CT molecular complexity index is 489. The summed E-state index contributed by atoms with van der Waals surface area (Å²) in [5.74, 6) is -1.90. The molecule has 0 aliphatic rings. The van der Waals surface area contributed by atoms with Crippen LogP contribution in [-0.4, -0.2) is 40.5 Å². The maximum Gasteiger partial charge on any atom is 0.321 e. The number of Topliss-reactive ketones (excluding diaryl/α,β-unsaturated/α-hetero) is 2. The van der Waals surface area contributed by atoms with Gasteiger partial charge in [0.2, 0.25) is 0 Å². The van der Waals surface area contributed by atoms with Crippen LogP contribution in [0.2, 0.25) is 0 Å². The molecule has 5 nitrogen and oxygen atoms in total. The van der Waals surface area contributed by atoms with Crippen molar-refractivity contribution in [3.63, 3.8) is 0 Å². The van der Waals surface area contributed by atoms with Crippen molar-refractivity contribution in [1.29, 1.82) is 0 Å². The van der Waals surface area contributed by atoms with E-state index in [9.17, 15) is 14.4 Å². The summed E-state index contributed by atoms with van der Waals surface area (Å²) >= 11 is 3.90. The Morgan fingerprint density at radius 2 is 1.85 bits per heavy atom. The summed E-state index contributed by atoms with van der Waals surface area (Å²) in [6, 6.07) is 6.83. The monoisotopic (exact) mass is 295 g/mol. The lowest BCUT2D eigenvalue weighted by Gasteiger charge is -2.19. The summed E-state index contributed by atoms with van der Waals surface area (Å²) in [5, 5.41) is 11.5. The van der Waals surface area contributed by atoms with E-state index in [4.69, 9.17) is 5.11 Å². The molecule has 1 aromatic carbocycles. The molecule has 2 atom stereocenters. The van der Waals surface area contributed by atoms with Gasteiger partial charge in [0.1, 0.15) is 12.1 Å². The van der Waals surface area contributed by atoms with Gasteiger partial charge in [-0.2, -0.15) is 12.6 Å². The first-order valence-corrected chi connectivity index (χ1v) is 6.75. The number of carbonyl (C=O) groups excluding carboxylic acids is 2. The summed E-state index contributed by atoms with van der Waals surface area (Å²) in [6.45, 7) is 1.26. The molecule has 0 spiro atoms. The number of hydrogen-bond acceptors (Lipinski definition) is 5. The zero-order valence-corrected chi connectivity index (χ0v) is 12.0. The molecule has 0 saturated carbocycles. The van der Waals surface area contributed by atoms with Crippen molar-refractivity contribution in [2.24, 2.45) is 0 Å². The number of hydrogen-bond donors (Lipinski definition) is 3. The molecular formula is C14H17NO4S. The van der Waals surface area contributed by atoms with Gasteiger partial charge >= 0.3 is 5.97 Å². The molecule has 0 heterocycles. The Labute approximate surface area is 122 Å². The fourth-order valence-electron chi connectivity index (χ4n) is 1.74. The Morgan fingerprint density at radius 1 is 1.25 bits per heavy atom. The van der Waals surface area contributed by atoms with Crippen LogP contribution in [0.4, 0.5) is 0 Å². The van der Waals surface area contributed by atoms with Crippen LogP contribution >= 0.6 is 12.6 Å². The minimum absolute atomic E-state index is 0.00225. The predicted octanol–water partition coefficient (Wildman–Crippen LogP) is 0.728. The smallest absolute Gasteiger partial charge is 0.321 e. The zero-order chi connectivity index (χ0) is 15.1. The minimum atomic E-state index is -1.14. The van der Waals surface area contributed by atoms with Gasteiger partial charge in [-0.05, 0) is 12.5 Å². The van der Waals surface area contributed by atoms with E-state index >= 15 is 0 Å². The third kappa shape index (κ3) is 4.79. The maximum atomic E-state index is 12.1. The van der Waals surface area contributed by atoms with E-state index < -0.39 is 23.8 Å². The van der Waals surface area contributed by atoms with Crippen LogP contribution in [0, 0.1) is 0 Å². The molecular weight excluding hydrogens is 278 g/mol. The molecule has 108 valence electrons. The van der Waals surface area contributed by atoms with Gasteiger partial charge in [-0.3, -0.25) is 19.7 Å². The molecule has 0 amide bonds. The van der Waals surface area contributed by atoms with Gasteiger partial charge in [-0.25, -0.2) is 0 Å². The van der Waals surface area contributed by atoms with Gasteiger partial charge in [-0.1, -0.05) is 30.3 Å². The fraction of sp³-hybridized carbons (Fsp3) is 0.357. The van der Waals surface area contributed by atoms with Crippen LogP contribution in [-0.2, 0) is 20.8 Å². The topological polar surface area (TPSA) is 83.5 Å². The first kappa shape index (κ1) is 16.4. The van der Waals surface area contributed by atoms with Crippen molar-refractivity contribution in [1.82, 2.24) is 5.32 Å². The Hall–Kier alpha value is -1.66. The number of carboxylic acids is 1. The molecule has 2 unspecified atom stereocenters. The lowest BCUT2D eigenvalue weighted by molar-refractivity contribution is -0.139. The average molecular weight is 295 g/mol. The lowest BCUT2D eigenvalue weighted by atomic mass is 10.0. The van der Waals surface area contributed by atoms with Crippen LogP contribution in [0.15, 0.2) is 30.3 Å². The highest BCUT2D eigenvalue weighted by Gasteiger charge is 2.28. The second kappa shape index (κ2) is 7.81. The van der Waals surface area contributed by atoms with Crippen LogP contribution in [0.3, 0.4) is 0 Å². The highest BCUT2D eigenvalue weighted by atomic mass is 32.1. The van der Waals surface area contributed by atoms with E-state index in [2.05, 4.69) is 17.9 Å². The number of thiol groups is 1. The zero-order valence-electron chi connectivity index (χ0n) is 11.1. The molecule has 20 heavy (non-hydrogen) atoms. The van der Waals surface area contributed by atoms with Crippen molar-refractivity contribution in [3.8, 4) is 0 Å². The van der Waals surface area contributed by atoms with E-state index in [0.29, 0.717) is 0 Å². The number of carbonyl (C=O) groups is 3. The second-order valence-electron chi connectivity index (χ2n) is 4.41. The number of nitrogens with one attached hydrogen (secondary N) is 1. The number of rotatable bonds is 8. The van der Waals surface area contributed by atoms with Crippen molar-refractivity contribution >= 4 is 30.2 Å². The molecule has 0 fully saturated rings. The van der Waals surface area contributed by atoms with E-state index in [1.54, 1.807) is 24.3 Å². The quantitative estimate of drug-likeness (QED) is 0.486. The third-order valence-electron chi connectivity index (χ3n) is 2.80. The molecule has 0 bridgehead atoms. The molecule has 0 aliphatic heterocycles. The van der Waals surface area contributed by atoms with E-state index in [1.807, 2.05) is 6.07 Å². The Balaban J connectivity index is 2.78. The molecule has 2 N–H and O–H groups in total. The first-order chi connectivity index (χ1) is 9.45. The van der Waals surface area contributed by atoms with Gasteiger partial charge in [-0.15, -0.1) is 0 Å². The van der Waals surface area contributed by atoms with Crippen LogP contribution in [0.1, 0.15) is 12.5 Å². The van der Waals surface area contributed by atoms with E-state index in [0.717, 1.165) is 5.56 Å². The Morgan fingerprint density at radius 3 is 2.30 bits per heavy atom. The number of benzene rings is 1. The molecule has 0 radical (unpaired) electrons.